The molecule has 1 aromatic carbocycles. The van der Waals surface area contributed by atoms with Gasteiger partial charge in [-0.15, -0.1) is 11.6 Å². The van der Waals surface area contributed by atoms with Crippen molar-refractivity contribution in [3.8, 4) is 5.75 Å². The Morgan fingerprint density at radius 1 is 1.30 bits per heavy atom. The molecule has 1 saturated carbocycles. The average molecular weight is 293 g/mol. The number of methoxy groups -OCH3 is 1. The SMILES string of the molecule is COc1ccc2c(c1)nc(CCl)n2C1CCC(C)CC1. The molecule has 0 radical (unpaired) electrons. The zero-order valence-corrected chi connectivity index (χ0v) is 12.9. The molecule has 0 amide bonds. The van der Waals surface area contributed by atoms with E-state index in [4.69, 9.17) is 16.3 Å². The number of benzene rings is 1. The van der Waals surface area contributed by atoms with Gasteiger partial charge in [0.2, 0.25) is 0 Å². The second kappa shape index (κ2) is 5.65. The average Bonchev–Trinajstić information content (AvgIpc) is 2.85. The van der Waals surface area contributed by atoms with Crippen molar-refractivity contribution in [3.63, 3.8) is 0 Å². The molecule has 1 aromatic heterocycles. The fourth-order valence-electron chi connectivity index (χ4n) is 3.26. The maximum absolute atomic E-state index is 6.11. The second-order valence-electron chi connectivity index (χ2n) is 5.80. The summed E-state index contributed by atoms with van der Waals surface area (Å²) in [5.41, 5.74) is 2.17. The van der Waals surface area contributed by atoms with E-state index in [0.29, 0.717) is 11.9 Å². The zero-order chi connectivity index (χ0) is 14.1. The summed E-state index contributed by atoms with van der Waals surface area (Å²) in [6.07, 6.45) is 5.04. The quantitative estimate of drug-likeness (QED) is 0.777. The summed E-state index contributed by atoms with van der Waals surface area (Å²) in [7, 11) is 1.68. The Bertz CT molecular complexity index is 600. The maximum Gasteiger partial charge on any atom is 0.125 e. The van der Waals surface area contributed by atoms with E-state index >= 15 is 0 Å². The first-order chi connectivity index (χ1) is 9.72. The van der Waals surface area contributed by atoms with E-state index in [2.05, 4.69) is 22.5 Å². The van der Waals surface area contributed by atoms with Gasteiger partial charge in [-0.2, -0.15) is 0 Å². The van der Waals surface area contributed by atoms with Gasteiger partial charge in [-0.1, -0.05) is 6.92 Å². The van der Waals surface area contributed by atoms with Gasteiger partial charge in [-0.25, -0.2) is 4.98 Å². The molecule has 0 aliphatic heterocycles. The summed E-state index contributed by atoms with van der Waals surface area (Å²) in [5.74, 6) is 3.14. The lowest BCUT2D eigenvalue weighted by atomic mass is 9.87. The van der Waals surface area contributed by atoms with Crippen molar-refractivity contribution in [1.29, 1.82) is 0 Å². The van der Waals surface area contributed by atoms with Gasteiger partial charge in [0.25, 0.3) is 0 Å². The molecule has 3 rings (SSSR count). The summed E-state index contributed by atoms with van der Waals surface area (Å²) in [4.78, 5) is 4.69. The van der Waals surface area contributed by atoms with Gasteiger partial charge >= 0.3 is 0 Å². The molecule has 108 valence electrons. The Labute approximate surface area is 124 Å². The molecule has 0 unspecified atom stereocenters. The molecular formula is C16H21ClN2O. The summed E-state index contributed by atoms with van der Waals surface area (Å²) in [6, 6.07) is 6.64. The van der Waals surface area contributed by atoms with Crippen LogP contribution in [0.2, 0.25) is 0 Å². The molecule has 0 spiro atoms. The predicted octanol–water partition coefficient (Wildman–Crippen LogP) is 4.53. The highest BCUT2D eigenvalue weighted by molar-refractivity contribution is 6.16. The van der Waals surface area contributed by atoms with Crippen LogP contribution in [-0.4, -0.2) is 16.7 Å². The minimum absolute atomic E-state index is 0.461. The van der Waals surface area contributed by atoms with Crippen LogP contribution in [-0.2, 0) is 5.88 Å². The molecule has 1 aliphatic rings. The van der Waals surface area contributed by atoms with E-state index in [1.807, 2.05) is 12.1 Å². The lowest BCUT2D eigenvalue weighted by molar-refractivity contribution is 0.290. The largest absolute Gasteiger partial charge is 0.497 e. The molecule has 1 fully saturated rings. The summed E-state index contributed by atoms with van der Waals surface area (Å²) >= 11 is 6.11. The van der Waals surface area contributed by atoms with Crippen molar-refractivity contribution >= 4 is 22.6 Å². The number of hydrogen-bond donors (Lipinski definition) is 0. The Hall–Kier alpha value is -1.22. The number of nitrogens with zero attached hydrogens (tertiary/aromatic N) is 2. The Morgan fingerprint density at radius 3 is 2.70 bits per heavy atom. The molecule has 1 heterocycles. The number of halogens is 1. The summed E-state index contributed by atoms with van der Waals surface area (Å²) in [5, 5.41) is 0. The van der Waals surface area contributed by atoms with E-state index in [1.165, 1.54) is 31.2 Å². The lowest BCUT2D eigenvalue weighted by Crippen LogP contribution is -2.18. The number of rotatable bonds is 3. The smallest absolute Gasteiger partial charge is 0.125 e. The highest BCUT2D eigenvalue weighted by Crippen LogP contribution is 2.36. The van der Waals surface area contributed by atoms with Crippen LogP contribution in [0.4, 0.5) is 0 Å². The molecule has 0 bridgehead atoms. The Kier molecular flexibility index (Phi) is 3.88. The lowest BCUT2D eigenvalue weighted by Gasteiger charge is -2.28. The van der Waals surface area contributed by atoms with E-state index in [1.54, 1.807) is 7.11 Å². The molecule has 0 saturated heterocycles. The highest BCUT2D eigenvalue weighted by Gasteiger charge is 2.23. The normalized spacial score (nSPS) is 23.1. The van der Waals surface area contributed by atoms with Gasteiger partial charge in [0.15, 0.2) is 0 Å². The highest BCUT2D eigenvalue weighted by atomic mass is 35.5. The number of imidazole rings is 1. The van der Waals surface area contributed by atoms with Gasteiger partial charge in [-0.05, 0) is 43.7 Å². The first-order valence-electron chi connectivity index (χ1n) is 7.33. The third-order valence-electron chi connectivity index (χ3n) is 4.44. The zero-order valence-electron chi connectivity index (χ0n) is 12.1. The van der Waals surface area contributed by atoms with E-state index in [-0.39, 0.29) is 0 Å². The van der Waals surface area contributed by atoms with Crippen molar-refractivity contribution in [3.05, 3.63) is 24.0 Å². The third kappa shape index (κ3) is 2.39. The molecule has 0 N–H and O–H groups in total. The minimum atomic E-state index is 0.461. The van der Waals surface area contributed by atoms with Crippen LogP contribution < -0.4 is 4.74 Å². The van der Waals surface area contributed by atoms with Crippen molar-refractivity contribution in [2.24, 2.45) is 5.92 Å². The van der Waals surface area contributed by atoms with Crippen molar-refractivity contribution in [1.82, 2.24) is 9.55 Å². The topological polar surface area (TPSA) is 27.1 Å². The Morgan fingerprint density at radius 2 is 2.05 bits per heavy atom. The van der Waals surface area contributed by atoms with Crippen LogP contribution in [0.15, 0.2) is 18.2 Å². The monoisotopic (exact) mass is 292 g/mol. The van der Waals surface area contributed by atoms with Gasteiger partial charge < -0.3 is 9.30 Å². The molecule has 1 aliphatic carbocycles. The van der Waals surface area contributed by atoms with E-state index in [0.717, 1.165) is 23.0 Å². The van der Waals surface area contributed by atoms with Crippen molar-refractivity contribution in [2.45, 2.75) is 44.5 Å². The predicted molar refractivity (Wildman–Crippen MR) is 82.5 cm³/mol. The van der Waals surface area contributed by atoms with Gasteiger partial charge in [0.1, 0.15) is 11.6 Å². The summed E-state index contributed by atoms with van der Waals surface area (Å²) < 4.78 is 7.64. The van der Waals surface area contributed by atoms with Crippen LogP contribution in [0, 0.1) is 5.92 Å². The standard InChI is InChI=1S/C16H21ClN2O/c1-11-3-5-12(6-4-11)19-15-8-7-13(20-2)9-14(15)18-16(19)10-17/h7-9,11-12H,3-6,10H2,1-2H3. The summed E-state index contributed by atoms with van der Waals surface area (Å²) in [6.45, 7) is 2.34. The maximum atomic E-state index is 6.11. The van der Waals surface area contributed by atoms with Crippen molar-refractivity contribution in [2.75, 3.05) is 7.11 Å². The molecular weight excluding hydrogens is 272 g/mol. The van der Waals surface area contributed by atoms with E-state index < -0.39 is 0 Å². The fourth-order valence-corrected chi connectivity index (χ4v) is 3.45. The first kappa shape index (κ1) is 13.7. The van der Waals surface area contributed by atoms with Gasteiger partial charge in [-0.3, -0.25) is 0 Å². The van der Waals surface area contributed by atoms with Gasteiger partial charge in [0, 0.05) is 12.1 Å². The number of alkyl halides is 1. The first-order valence-corrected chi connectivity index (χ1v) is 7.87. The number of fused-ring (bicyclic) bond motifs is 1. The Balaban J connectivity index is 2.04. The molecule has 3 nitrogen and oxygen atoms in total. The van der Waals surface area contributed by atoms with Crippen LogP contribution in [0.25, 0.3) is 11.0 Å². The number of ether oxygens (including phenoxy) is 1. The number of aromatic nitrogens is 2. The third-order valence-corrected chi connectivity index (χ3v) is 4.68. The second-order valence-corrected chi connectivity index (χ2v) is 6.07. The van der Waals surface area contributed by atoms with Crippen molar-refractivity contribution < 1.29 is 4.74 Å². The molecule has 2 aromatic rings. The van der Waals surface area contributed by atoms with Crippen LogP contribution in [0.3, 0.4) is 0 Å². The van der Waals surface area contributed by atoms with Gasteiger partial charge in [0.05, 0.1) is 24.0 Å². The molecule has 0 atom stereocenters. The minimum Gasteiger partial charge on any atom is -0.497 e. The van der Waals surface area contributed by atoms with Crippen LogP contribution in [0.1, 0.15) is 44.5 Å². The number of hydrogen-bond acceptors (Lipinski definition) is 2. The van der Waals surface area contributed by atoms with Crippen LogP contribution >= 0.6 is 11.6 Å². The van der Waals surface area contributed by atoms with Crippen LogP contribution in [0.5, 0.6) is 5.75 Å². The molecule has 20 heavy (non-hydrogen) atoms. The van der Waals surface area contributed by atoms with E-state index in [9.17, 15) is 0 Å². The fraction of sp³-hybridized carbons (Fsp3) is 0.562. The molecule has 4 heteroatoms.